The van der Waals surface area contributed by atoms with Gasteiger partial charge in [0, 0.05) is 24.3 Å². The van der Waals surface area contributed by atoms with Crippen LogP contribution in [-0.2, 0) is 19.1 Å². The van der Waals surface area contributed by atoms with Gasteiger partial charge in [-0.25, -0.2) is 0 Å². The highest BCUT2D eigenvalue weighted by molar-refractivity contribution is 6.00. The van der Waals surface area contributed by atoms with Crippen LogP contribution in [0.25, 0.3) is 0 Å². The highest BCUT2D eigenvalue weighted by atomic mass is 16.5. The fraction of sp³-hybridized carbons (Fsp3) is 0.192. The van der Waals surface area contributed by atoms with E-state index in [4.69, 9.17) is 14.2 Å². The summed E-state index contributed by atoms with van der Waals surface area (Å²) in [5.74, 6) is 0.185. The van der Waals surface area contributed by atoms with Crippen LogP contribution in [-0.4, -0.2) is 38.0 Å². The summed E-state index contributed by atoms with van der Waals surface area (Å²) < 4.78 is 16.1. The minimum Gasteiger partial charge on any atom is -0.497 e. The monoisotopic (exact) mass is 460 g/mol. The summed E-state index contributed by atoms with van der Waals surface area (Å²) in [4.78, 5) is 38.4. The topological polar surface area (TPSA) is 94.2 Å². The third kappa shape index (κ3) is 5.72. The van der Waals surface area contributed by atoms with Crippen LogP contribution in [0, 0.1) is 5.92 Å². The fourth-order valence-electron chi connectivity index (χ4n) is 3.56. The van der Waals surface area contributed by atoms with Crippen molar-refractivity contribution in [1.82, 2.24) is 0 Å². The van der Waals surface area contributed by atoms with E-state index in [1.165, 1.54) is 4.90 Å². The number of anilines is 2. The van der Waals surface area contributed by atoms with Crippen LogP contribution < -0.4 is 19.7 Å². The predicted octanol–water partition coefficient (Wildman–Crippen LogP) is 4.02. The first-order valence-corrected chi connectivity index (χ1v) is 10.8. The Bertz CT molecular complexity index is 1150. The van der Waals surface area contributed by atoms with Crippen LogP contribution in [0.3, 0.4) is 0 Å². The quantitative estimate of drug-likeness (QED) is 0.510. The van der Waals surface area contributed by atoms with Crippen molar-refractivity contribution in [3.05, 3.63) is 78.9 Å². The van der Waals surface area contributed by atoms with Crippen molar-refractivity contribution >= 4 is 29.2 Å². The third-order valence-electron chi connectivity index (χ3n) is 5.30. The summed E-state index contributed by atoms with van der Waals surface area (Å²) in [6.45, 7) is -0.216. The first kappa shape index (κ1) is 22.8. The molecule has 2 amide bonds. The molecule has 0 aliphatic carbocycles. The van der Waals surface area contributed by atoms with Gasteiger partial charge in [0.2, 0.25) is 5.91 Å². The number of amides is 2. The van der Waals surface area contributed by atoms with Crippen LogP contribution in [0.2, 0.25) is 0 Å². The number of para-hydroxylation sites is 1. The second-order valence-electron chi connectivity index (χ2n) is 7.70. The van der Waals surface area contributed by atoms with E-state index in [0.717, 1.165) is 5.75 Å². The summed E-state index contributed by atoms with van der Waals surface area (Å²) in [6, 6.07) is 23.1. The number of esters is 1. The average Bonchev–Trinajstić information content (AvgIpc) is 3.26. The molecular formula is C26H24N2O6. The number of methoxy groups -OCH3 is 1. The smallest absolute Gasteiger partial charge is 0.311 e. The fourth-order valence-corrected chi connectivity index (χ4v) is 3.56. The molecule has 174 valence electrons. The number of rotatable bonds is 8. The molecule has 1 atom stereocenters. The van der Waals surface area contributed by atoms with Crippen molar-refractivity contribution in [2.24, 2.45) is 5.92 Å². The van der Waals surface area contributed by atoms with Crippen molar-refractivity contribution < 1.29 is 28.6 Å². The SMILES string of the molecule is COc1ccc(Oc2ccc(N3C[C@@H](C(=O)OCC(=O)Nc4ccccc4)CC3=O)cc2)cc1. The maximum absolute atomic E-state index is 12.5. The lowest BCUT2D eigenvalue weighted by Gasteiger charge is -2.17. The zero-order valence-corrected chi connectivity index (χ0v) is 18.6. The van der Waals surface area contributed by atoms with E-state index in [1.54, 1.807) is 79.9 Å². The van der Waals surface area contributed by atoms with Gasteiger partial charge in [-0.1, -0.05) is 18.2 Å². The summed E-state index contributed by atoms with van der Waals surface area (Å²) in [7, 11) is 1.60. The first-order valence-electron chi connectivity index (χ1n) is 10.8. The zero-order chi connectivity index (χ0) is 23.9. The summed E-state index contributed by atoms with van der Waals surface area (Å²) in [5, 5.41) is 2.65. The van der Waals surface area contributed by atoms with E-state index in [2.05, 4.69) is 5.32 Å². The Balaban J connectivity index is 1.29. The molecule has 1 N–H and O–H groups in total. The Hall–Kier alpha value is -4.33. The van der Waals surface area contributed by atoms with Crippen molar-refractivity contribution in [1.29, 1.82) is 0 Å². The Labute approximate surface area is 197 Å². The largest absolute Gasteiger partial charge is 0.497 e. The standard InChI is InChI=1S/C26H24N2O6/c1-32-21-11-13-23(14-12-21)34-22-9-7-20(8-10-22)28-16-18(15-25(28)30)26(31)33-17-24(29)27-19-5-3-2-4-6-19/h2-14,18H,15-17H2,1H3,(H,27,29)/t18-/m0/s1. The first-order chi connectivity index (χ1) is 16.5. The van der Waals surface area contributed by atoms with Gasteiger partial charge >= 0.3 is 5.97 Å². The minimum absolute atomic E-state index is 0.0310. The van der Waals surface area contributed by atoms with Gasteiger partial charge in [0.15, 0.2) is 6.61 Å². The molecule has 1 fully saturated rings. The molecule has 0 bridgehead atoms. The lowest BCUT2D eigenvalue weighted by Crippen LogP contribution is -2.28. The molecule has 0 spiro atoms. The molecule has 34 heavy (non-hydrogen) atoms. The highest BCUT2D eigenvalue weighted by Gasteiger charge is 2.36. The third-order valence-corrected chi connectivity index (χ3v) is 5.30. The van der Waals surface area contributed by atoms with E-state index in [1.807, 2.05) is 6.07 Å². The van der Waals surface area contributed by atoms with Gasteiger partial charge in [0.1, 0.15) is 17.2 Å². The Morgan fingerprint density at radius 3 is 2.18 bits per heavy atom. The number of benzene rings is 3. The number of hydrogen-bond donors (Lipinski definition) is 1. The van der Waals surface area contributed by atoms with Crippen LogP contribution in [0.5, 0.6) is 17.2 Å². The number of carbonyl (C=O) groups is 3. The highest BCUT2D eigenvalue weighted by Crippen LogP contribution is 2.29. The van der Waals surface area contributed by atoms with E-state index in [9.17, 15) is 14.4 Å². The van der Waals surface area contributed by atoms with Gasteiger partial charge < -0.3 is 24.4 Å². The number of ether oxygens (including phenoxy) is 3. The molecular weight excluding hydrogens is 436 g/mol. The summed E-state index contributed by atoms with van der Waals surface area (Å²) >= 11 is 0. The van der Waals surface area contributed by atoms with Crippen LogP contribution in [0.4, 0.5) is 11.4 Å². The van der Waals surface area contributed by atoms with Crippen molar-refractivity contribution in [2.45, 2.75) is 6.42 Å². The average molecular weight is 460 g/mol. The summed E-state index contributed by atoms with van der Waals surface area (Å²) in [6.07, 6.45) is 0.0310. The zero-order valence-electron chi connectivity index (χ0n) is 18.6. The van der Waals surface area contributed by atoms with Gasteiger partial charge in [-0.3, -0.25) is 14.4 Å². The number of nitrogens with one attached hydrogen (secondary N) is 1. The number of carbonyl (C=O) groups excluding carboxylic acids is 3. The molecule has 8 heteroatoms. The van der Waals surface area contributed by atoms with Crippen LogP contribution >= 0.6 is 0 Å². The molecule has 0 aromatic heterocycles. The predicted molar refractivity (Wildman–Crippen MR) is 126 cm³/mol. The maximum atomic E-state index is 12.5. The number of hydrogen-bond acceptors (Lipinski definition) is 6. The minimum atomic E-state index is -0.632. The van der Waals surface area contributed by atoms with Crippen molar-refractivity contribution in [3.8, 4) is 17.2 Å². The van der Waals surface area contributed by atoms with Crippen molar-refractivity contribution in [3.63, 3.8) is 0 Å². The molecule has 0 saturated carbocycles. The molecule has 1 aliphatic rings. The Morgan fingerprint density at radius 1 is 0.912 bits per heavy atom. The maximum Gasteiger partial charge on any atom is 0.311 e. The second kappa shape index (κ2) is 10.5. The lowest BCUT2D eigenvalue weighted by atomic mass is 10.1. The molecule has 0 radical (unpaired) electrons. The Morgan fingerprint density at radius 2 is 1.53 bits per heavy atom. The molecule has 4 rings (SSSR count). The second-order valence-corrected chi connectivity index (χ2v) is 7.70. The molecule has 8 nitrogen and oxygen atoms in total. The van der Waals surface area contributed by atoms with Crippen molar-refractivity contribution in [2.75, 3.05) is 30.5 Å². The molecule has 1 aliphatic heterocycles. The Kier molecular flexibility index (Phi) is 7.07. The van der Waals surface area contributed by atoms with Gasteiger partial charge in [0.05, 0.1) is 13.0 Å². The van der Waals surface area contributed by atoms with E-state index in [0.29, 0.717) is 22.9 Å². The van der Waals surface area contributed by atoms with Gasteiger partial charge in [0.25, 0.3) is 5.91 Å². The van der Waals surface area contributed by atoms with Gasteiger partial charge in [-0.2, -0.15) is 0 Å². The molecule has 1 saturated heterocycles. The molecule has 1 heterocycles. The van der Waals surface area contributed by atoms with Crippen LogP contribution in [0.15, 0.2) is 78.9 Å². The van der Waals surface area contributed by atoms with E-state index in [-0.39, 0.29) is 18.9 Å². The number of nitrogens with zero attached hydrogens (tertiary/aromatic N) is 1. The van der Waals surface area contributed by atoms with E-state index < -0.39 is 24.4 Å². The van der Waals surface area contributed by atoms with E-state index >= 15 is 0 Å². The molecule has 3 aromatic rings. The van der Waals surface area contributed by atoms with Gasteiger partial charge in [-0.05, 0) is 60.7 Å². The summed E-state index contributed by atoms with van der Waals surface area (Å²) in [5.41, 5.74) is 1.27. The normalized spacial score (nSPS) is 15.0. The van der Waals surface area contributed by atoms with Crippen LogP contribution in [0.1, 0.15) is 6.42 Å². The molecule has 0 unspecified atom stereocenters. The molecule has 3 aromatic carbocycles. The lowest BCUT2D eigenvalue weighted by molar-refractivity contribution is -0.151. The van der Waals surface area contributed by atoms with Gasteiger partial charge in [-0.15, -0.1) is 0 Å².